The predicted molar refractivity (Wildman–Crippen MR) is 101 cm³/mol. The van der Waals surface area contributed by atoms with Crippen LogP contribution in [0.1, 0.15) is 24.6 Å². The van der Waals surface area contributed by atoms with Crippen molar-refractivity contribution in [3.8, 4) is 11.1 Å². The molecule has 2 amide bonds. The summed E-state index contributed by atoms with van der Waals surface area (Å²) >= 11 is 1.65. The van der Waals surface area contributed by atoms with E-state index in [1.54, 1.807) is 11.3 Å². The minimum absolute atomic E-state index is 0.449. The minimum atomic E-state index is -0.520. The van der Waals surface area contributed by atoms with Gasteiger partial charge in [-0.05, 0) is 18.4 Å². The molecule has 0 saturated heterocycles. The van der Waals surface area contributed by atoms with Crippen molar-refractivity contribution >= 4 is 33.4 Å². The van der Waals surface area contributed by atoms with Crippen molar-refractivity contribution in [3.05, 3.63) is 41.5 Å². The first-order chi connectivity index (χ1) is 12.2. The van der Waals surface area contributed by atoms with E-state index in [0.29, 0.717) is 19.0 Å². The highest BCUT2D eigenvalue weighted by Crippen LogP contribution is 2.42. The fraction of sp³-hybridized carbons (Fsp3) is 0.278. The van der Waals surface area contributed by atoms with Crippen LogP contribution in [0.3, 0.4) is 0 Å². The molecule has 3 aromatic rings. The summed E-state index contributed by atoms with van der Waals surface area (Å²) in [6, 6.07) is 9.73. The molecule has 0 unspecified atom stereocenters. The second-order valence-corrected chi connectivity index (χ2v) is 6.98. The van der Waals surface area contributed by atoms with E-state index in [1.165, 1.54) is 0 Å². The van der Waals surface area contributed by atoms with Crippen molar-refractivity contribution in [3.63, 3.8) is 0 Å². The number of carbonyl (C=O) groups is 1. The predicted octanol–water partition coefficient (Wildman–Crippen LogP) is 3.32. The number of fused-ring (bicyclic) bond motifs is 1. The van der Waals surface area contributed by atoms with Gasteiger partial charge in [-0.2, -0.15) is 0 Å². The average Bonchev–Trinajstić information content (AvgIpc) is 3.38. The number of aromatic nitrogens is 2. The Kier molecular flexibility index (Phi) is 4.23. The summed E-state index contributed by atoms with van der Waals surface area (Å²) in [7, 11) is 0. The van der Waals surface area contributed by atoms with Gasteiger partial charge >= 0.3 is 6.03 Å². The monoisotopic (exact) mass is 353 g/mol. The van der Waals surface area contributed by atoms with E-state index >= 15 is 0 Å². The molecule has 25 heavy (non-hydrogen) atoms. The van der Waals surface area contributed by atoms with Crippen LogP contribution >= 0.6 is 11.3 Å². The molecule has 0 aliphatic heterocycles. The van der Waals surface area contributed by atoms with Crippen LogP contribution in [0.2, 0.25) is 0 Å². The fourth-order valence-electron chi connectivity index (χ4n) is 2.81. The number of benzene rings is 1. The maximum Gasteiger partial charge on any atom is 0.312 e. The van der Waals surface area contributed by atoms with Gasteiger partial charge < -0.3 is 16.4 Å². The average molecular weight is 353 g/mol. The lowest BCUT2D eigenvalue weighted by molar-refractivity contribution is 0.249. The number of nitrogens with one attached hydrogen (secondary N) is 2. The maximum atomic E-state index is 10.8. The zero-order valence-corrected chi connectivity index (χ0v) is 14.5. The Labute approximate surface area is 149 Å². The number of urea groups is 1. The van der Waals surface area contributed by atoms with Crippen LogP contribution in [0, 0.1) is 0 Å². The Balaban J connectivity index is 1.71. The summed E-state index contributed by atoms with van der Waals surface area (Å²) in [5.74, 6) is 2.23. The highest BCUT2D eigenvalue weighted by molar-refractivity contribution is 7.17. The Morgan fingerprint density at radius 2 is 2.00 bits per heavy atom. The molecule has 1 aliphatic rings. The Hall–Kier alpha value is -2.67. The third-order valence-corrected chi connectivity index (χ3v) is 5.07. The van der Waals surface area contributed by atoms with Gasteiger partial charge in [-0.1, -0.05) is 30.3 Å². The third kappa shape index (κ3) is 3.41. The normalized spacial score (nSPS) is 13.8. The SMILES string of the molecule is NC(=O)NCCNc1nc(C2CC2)nc2scc(-c3ccccc3)c12. The molecule has 0 bridgehead atoms. The zero-order valence-electron chi connectivity index (χ0n) is 13.7. The molecular formula is C18H19N5OS. The quantitative estimate of drug-likeness (QED) is 0.593. The van der Waals surface area contributed by atoms with E-state index in [4.69, 9.17) is 15.7 Å². The van der Waals surface area contributed by atoms with Crippen molar-refractivity contribution in [2.75, 3.05) is 18.4 Å². The molecule has 6 nitrogen and oxygen atoms in total. The lowest BCUT2D eigenvalue weighted by Crippen LogP contribution is -2.33. The zero-order chi connectivity index (χ0) is 17.2. The van der Waals surface area contributed by atoms with Gasteiger partial charge in [0.05, 0.1) is 5.39 Å². The lowest BCUT2D eigenvalue weighted by atomic mass is 10.1. The van der Waals surface area contributed by atoms with E-state index in [-0.39, 0.29) is 0 Å². The van der Waals surface area contributed by atoms with Crippen LogP contribution in [0.15, 0.2) is 35.7 Å². The molecule has 0 atom stereocenters. The summed E-state index contributed by atoms with van der Waals surface area (Å²) in [6.07, 6.45) is 2.32. The molecule has 1 aliphatic carbocycles. The topological polar surface area (TPSA) is 92.9 Å². The smallest absolute Gasteiger partial charge is 0.312 e. The minimum Gasteiger partial charge on any atom is -0.368 e. The lowest BCUT2D eigenvalue weighted by Gasteiger charge is -2.10. The molecule has 0 radical (unpaired) electrons. The molecule has 0 spiro atoms. The molecule has 1 aromatic carbocycles. The summed E-state index contributed by atoms with van der Waals surface area (Å²) < 4.78 is 0. The highest BCUT2D eigenvalue weighted by atomic mass is 32.1. The van der Waals surface area contributed by atoms with Crippen molar-refractivity contribution < 1.29 is 4.79 Å². The van der Waals surface area contributed by atoms with Gasteiger partial charge in [-0.25, -0.2) is 14.8 Å². The third-order valence-electron chi connectivity index (χ3n) is 4.19. The molecule has 4 N–H and O–H groups in total. The van der Waals surface area contributed by atoms with Crippen LogP contribution in [0.5, 0.6) is 0 Å². The van der Waals surface area contributed by atoms with Gasteiger partial charge in [0, 0.05) is 30.0 Å². The second kappa shape index (κ2) is 6.68. The van der Waals surface area contributed by atoms with E-state index in [9.17, 15) is 4.79 Å². The van der Waals surface area contributed by atoms with Gasteiger partial charge in [-0.3, -0.25) is 0 Å². The van der Waals surface area contributed by atoms with E-state index in [1.807, 2.05) is 18.2 Å². The molecule has 1 saturated carbocycles. The van der Waals surface area contributed by atoms with Crippen LogP contribution in [0.25, 0.3) is 21.3 Å². The number of amides is 2. The van der Waals surface area contributed by atoms with Crippen LogP contribution in [-0.2, 0) is 0 Å². The number of anilines is 1. The van der Waals surface area contributed by atoms with Crippen molar-refractivity contribution in [2.45, 2.75) is 18.8 Å². The number of rotatable bonds is 6. The molecule has 128 valence electrons. The van der Waals surface area contributed by atoms with Crippen molar-refractivity contribution in [1.29, 1.82) is 0 Å². The second-order valence-electron chi connectivity index (χ2n) is 6.12. The summed E-state index contributed by atoms with van der Waals surface area (Å²) in [6.45, 7) is 1.01. The first kappa shape index (κ1) is 15.8. The Morgan fingerprint density at radius 3 is 2.72 bits per heavy atom. The first-order valence-electron chi connectivity index (χ1n) is 8.34. The Morgan fingerprint density at radius 1 is 1.20 bits per heavy atom. The molecule has 1 fully saturated rings. The number of hydrogen-bond acceptors (Lipinski definition) is 5. The van der Waals surface area contributed by atoms with E-state index in [2.05, 4.69) is 28.1 Å². The van der Waals surface area contributed by atoms with Crippen LogP contribution < -0.4 is 16.4 Å². The Bertz CT molecular complexity index is 904. The summed E-state index contributed by atoms with van der Waals surface area (Å²) in [5.41, 5.74) is 7.40. The maximum absolute atomic E-state index is 10.8. The molecule has 4 rings (SSSR count). The van der Waals surface area contributed by atoms with Gasteiger partial charge in [0.15, 0.2) is 0 Å². The number of nitrogens with zero attached hydrogens (tertiary/aromatic N) is 2. The van der Waals surface area contributed by atoms with Crippen LogP contribution in [-0.4, -0.2) is 29.1 Å². The van der Waals surface area contributed by atoms with Gasteiger partial charge in [-0.15, -0.1) is 11.3 Å². The number of thiophene rings is 1. The van der Waals surface area contributed by atoms with E-state index < -0.39 is 6.03 Å². The standard InChI is InChI=1S/C18H19N5OS/c19-18(24)21-9-8-20-16-14-13(11-4-2-1-3-5-11)10-25-17(14)23-15(22-16)12-6-7-12/h1-5,10,12H,6-9H2,(H3,19,21,24)(H,20,22,23). The molecule has 7 heteroatoms. The highest BCUT2D eigenvalue weighted by Gasteiger charge is 2.28. The summed E-state index contributed by atoms with van der Waals surface area (Å²) in [4.78, 5) is 21.4. The van der Waals surface area contributed by atoms with Crippen molar-refractivity contribution in [2.24, 2.45) is 5.73 Å². The molecule has 2 heterocycles. The molecular weight excluding hydrogens is 334 g/mol. The van der Waals surface area contributed by atoms with Gasteiger partial charge in [0.2, 0.25) is 0 Å². The number of carbonyl (C=O) groups excluding carboxylic acids is 1. The summed E-state index contributed by atoms with van der Waals surface area (Å²) in [5, 5.41) is 9.12. The van der Waals surface area contributed by atoms with Crippen molar-refractivity contribution in [1.82, 2.24) is 15.3 Å². The van der Waals surface area contributed by atoms with E-state index in [0.717, 1.165) is 45.8 Å². The number of primary amides is 1. The van der Waals surface area contributed by atoms with Gasteiger partial charge in [0.25, 0.3) is 0 Å². The molecule has 2 aromatic heterocycles. The van der Waals surface area contributed by atoms with Gasteiger partial charge in [0.1, 0.15) is 16.5 Å². The first-order valence-corrected chi connectivity index (χ1v) is 9.22. The fourth-order valence-corrected chi connectivity index (χ4v) is 3.76. The number of nitrogens with two attached hydrogens (primary N) is 1. The largest absolute Gasteiger partial charge is 0.368 e. The van der Waals surface area contributed by atoms with Crippen LogP contribution in [0.4, 0.5) is 10.6 Å². The number of hydrogen-bond donors (Lipinski definition) is 3.